The summed E-state index contributed by atoms with van der Waals surface area (Å²) < 4.78 is 3.23. The van der Waals surface area contributed by atoms with Crippen molar-refractivity contribution in [2.45, 2.75) is 4.34 Å². The molecule has 0 aliphatic carbocycles. The van der Waals surface area contributed by atoms with E-state index in [1.165, 1.54) is 17.4 Å². The third kappa shape index (κ3) is 3.44. The number of nitrogens with one attached hydrogen (secondary N) is 1. The van der Waals surface area contributed by atoms with Gasteiger partial charge in [0.25, 0.3) is 0 Å². The number of benzene rings is 2. The van der Waals surface area contributed by atoms with Crippen LogP contribution in [0.2, 0.25) is 0 Å². The second kappa shape index (κ2) is 6.95. The first-order valence-corrected chi connectivity index (χ1v) is 10.4. The summed E-state index contributed by atoms with van der Waals surface area (Å²) in [6, 6.07) is 13.7. The van der Waals surface area contributed by atoms with Gasteiger partial charge in [-0.3, -0.25) is 10.1 Å². The van der Waals surface area contributed by atoms with Crippen molar-refractivity contribution in [3.8, 4) is 0 Å². The minimum atomic E-state index is -0.187. The molecule has 0 saturated heterocycles. The standard InChI is InChI=1S/C18H13N3OS3/c1-23-18-20-13-9-8-12-15(16(13)25-18)24-17(19-12)21-14(22)10-7-11-5-3-2-4-6-11/h2-10H,1H3,(H,19,21,22). The van der Waals surface area contributed by atoms with Gasteiger partial charge >= 0.3 is 0 Å². The maximum atomic E-state index is 12.1. The highest BCUT2D eigenvalue weighted by molar-refractivity contribution is 8.00. The lowest BCUT2D eigenvalue weighted by atomic mass is 10.2. The predicted octanol–water partition coefficient (Wildman–Crippen LogP) is 5.28. The number of amides is 1. The fraction of sp³-hybridized carbons (Fsp3) is 0.0556. The number of fused-ring (bicyclic) bond motifs is 3. The second-order valence-corrected chi connectivity index (χ2v) is 8.25. The van der Waals surface area contributed by atoms with Crippen LogP contribution in [0.5, 0.6) is 0 Å². The molecule has 124 valence electrons. The minimum absolute atomic E-state index is 0.187. The van der Waals surface area contributed by atoms with Crippen LogP contribution < -0.4 is 5.32 Å². The largest absolute Gasteiger partial charge is 0.298 e. The van der Waals surface area contributed by atoms with Gasteiger partial charge in [0.2, 0.25) is 5.91 Å². The fourth-order valence-corrected chi connectivity index (χ4v) is 5.04. The smallest absolute Gasteiger partial charge is 0.250 e. The molecule has 0 radical (unpaired) electrons. The van der Waals surface area contributed by atoms with Crippen LogP contribution in [0.15, 0.2) is 52.9 Å². The molecular formula is C18H13N3OS3. The Balaban J connectivity index is 1.59. The Kier molecular flexibility index (Phi) is 4.52. The average molecular weight is 384 g/mol. The van der Waals surface area contributed by atoms with Gasteiger partial charge in [-0.15, -0.1) is 11.3 Å². The summed E-state index contributed by atoms with van der Waals surface area (Å²) in [6.45, 7) is 0. The Hall–Kier alpha value is -2.22. The zero-order chi connectivity index (χ0) is 17.2. The molecule has 2 heterocycles. The fourth-order valence-electron chi connectivity index (χ4n) is 2.38. The van der Waals surface area contributed by atoms with Gasteiger partial charge < -0.3 is 0 Å². The molecule has 0 unspecified atom stereocenters. The summed E-state index contributed by atoms with van der Waals surface area (Å²) in [5, 5.41) is 3.45. The van der Waals surface area contributed by atoms with Gasteiger partial charge in [0, 0.05) is 6.08 Å². The number of aromatic nitrogens is 2. The molecule has 0 aliphatic rings. The summed E-state index contributed by atoms with van der Waals surface area (Å²) in [7, 11) is 0. The number of anilines is 1. The number of hydrogen-bond acceptors (Lipinski definition) is 6. The summed E-state index contributed by atoms with van der Waals surface area (Å²) >= 11 is 4.78. The van der Waals surface area contributed by atoms with E-state index in [0.29, 0.717) is 5.13 Å². The highest BCUT2D eigenvalue weighted by Crippen LogP contribution is 2.37. The first-order chi connectivity index (χ1) is 12.2. The second-order valence-electron chi connectivity index (χ2n) is 5.20. The first-order valence-electron chi connectivity index (χ1n) is 7.51. The molecule has 7 heteroatoms. The number of carbonyl (C=O) groups excluding carboxylic acids is 1. The zero-order valence-electron chi connectivity index (χ0n) is 13.2. The van der Waals surface area contributed by atoms with Gasteiger partial charge in [0.1, 0.15) is 0 Å². The quantitative estimate of drug-likeness (QED) is 0.385. The topological polar surface area (TPSA) is 54.9 Å². The summed E-state index contributed by atoms with van der Waals surface area (Å²) in [4.78, 5) is 21.2. The van der Waals surface area contributed by atoms with Crippen LogP contribution in [-0.2, 0) is 4.79 Å². The van der Waals surface area contributed by atoms with E-state index < -0.39 is 0 Å². The molecule has 4 rings (SSSR count). The lowest BCUT2D eigenvalue weighted by molar-refractivity contribution is -0.111. The molecule has 2 aromatic heterocycles. The summed E-state index contributed by atoms with van der Waals surface area (Å²) in [6.07, 6.45) is 5.33. The molecule has 0 atom stereocenters. The molecule has 25 heavy (non-hydrogen) atoms. The van der Waals surface area contributed by atoms with E-state index in [0.717, 1.165) is 30.3 Å². The number of rotatable bonds is 4. The highest BCUT2D eigenvalue weighted by atomic mass is 32.2. The van der Waals surface area contributed by atoms with Gasteiger partial charge in [-0.2, -0.15) is 0 Å². The van der Waals surface area contributed by atoms with Crippen LogP contribution in [-0.4, -0.2) is 22.1 Å². The van der Waals surface area contributed by atoms with Crippen LogP contribution in [0.1, 0.15) is 5.56 Å². The van der Waals surface area contributed by atoms with E-state index in [2.05, 4.69) is 15.3 Å². The molecule has 4 aromatic rings. The van der Waals surface area contributed by atoms with Crippen molar-refractivity contribution in [2.24, 2.45) is 0 Å². The molecule has 2 aromatic carbocycles. The Morgan fingerprint density at radius 2 is 1.76 bits per heavy atom. The van der Waals surface area contributed by atoms with E-state index in [4.69, 9.17) is 0 Å². The Morgan fingerprint density at radius 3 is 2.52 bits per heavy atom. The number of thiazole rings is 2. The van der Waals surface area contributed by atoms with Gasteiger partial charge in [-0.05, 0) is 30.0 Å². The van der Waals surface area contributed by atoms with E-state index in [1.54, 1.807) is 29.2 Å². The Morgan fingerprint density at radius 1 is 1.04 bits per heavy atom. The highest BCUT2D eigenvalue weighted by Gasteiger charge is 2.12. The van der Waals surface area contributed by atoms with Crippen molar-refractivity contribution in [1.82, 2.24) is 9.97 Å². The molecule has 0 aliphatic heterocycles. The van der Waals surface area contributed by atoms with Crippen LogP contribution in [0.3, 0.4) is 0 Å². The molecule has 1 N–H and O–H groups in total. The third-order valence-electron chi connectivity index (χ3n) is 3.52. The lowest BCUT2D eigenvalue weighted by Gasteiger charge is -1.95. The first kappa shape index (κ1) is 16.3. The van der Waals surface area contributed by atoms with E-state index >= 15 is 0 Å². The molecule has 4 nitrogen and oxygen atoms in total. The van der Waals surface area contributed by atoms with E-state index in [1.807, 2.05) is 48.7 Å². The van der Waals surface area contributed by atoms with Gasteiger partial charge in [-0.25, -0.2) is 9.97 Å². The van der Waals surface area contributed by atoms with Crippen LogP contribution in [0.25, 0.3) is 26.5 Å². The van der Waals surface area contributed by atoms with Crippen LogP contribution in [0.4, 0.5) is 5.13 Å². The van der Waals surface area contributed by atoms with Gasteiger partial charge in [-0.1, -0.05) is 53.4 Å². The van der Waals surface area contributed by atoms with Crippen LogP contribution >= 0.6 is 34.4 Å². The zero-order valence-corrected chi connectivity index (χ0v) is 15.7. The van der Waals surface area contributed by atoms with Crippen molar-refractivity contribution in [1.29, 1.82) is 0 Å². The normalized spacial score (nSPS) is 11.6. The van der Waals surface area contributed by atoms with Crippen LogP contribution in [0, 0.1) is 0 Å². The Labute approximate surface area is 156 Å². The molecule has 0 fully saturated rings. The monoisotopic (exact) mass is 383 g/mol. The van der Waals surface area contributed by atoms with Gasteiger partial charge in [0.05, 0.1) is 20.4 Å². The minimum Gasteiger partial charge on any atom is -0.298 e. The van der Waals surface area contributed by atoms with Crippen molar-refractivity contribution in [3.05, 3.63) is 54.1 Å². The molecule has 1 amide bonds. The number of thioether (sulfide) groups is 1. The van der Waals surface area contributed by atoms with Crippen molar-refractivity contribution < 1.29 is 4.79 Å². The number of carbonyl (C=O) groups is 1. The molecular weight excluding hydrogens is 370 g/mol. The van der Waals surface area contributed by atoms with Crippen molar-refractivity contribution in [3.63, 3.8) is 0 Å². The summed E-state index contributed by atoms with van der Waals surface area (Å²) in [5.74, 6) is -0.187. The lowest BCUT2D eigenvalue weighted by Crippen LogP contribution is -2.07. The molecule has 0 saturated carbocycles. The molecule has 0 spiro atoms. The van der Waals surface area contributed by atoms with E-state index in [-0.39, 0.29) is 5.91 Å². The van der Waals surface area contributed by atoms with Gasteiger partial charge in [0.15, 0.2) is 9.47 Å². The average Bonchev–Trinajstić information content (AvgIpc) is 3.23. The maximum absolute atomic E-state index is 12.1. The number of nitrogens with zero attached hydrogens (tertiary/aromatic N) is 2. The third-order valence-corrected chi connectivity index (χ3v) is 6.73. The number of hydrogen-bond donors (Lipinski definition) is 1. The SMILES string of the molecule is CSc1nc2ccc3nc(NC(=O)C=Cc4ccccc4)sc3c2s1. The Bertz CT molecular complexity index is 1080. The summed E-state index contributed by atoms with van der Waals surface area (Å²) in [5.41, 5.74) is 2.85. The van der Waals surface area contributed by atoms with E-state index in [9.17, 15) is 4.79 Å². The van der Waals surface area contributed by atoms with Crippen molar-refractivity contribution >= 4 is 72.0 Å². The maximum Gasteiger partial charge on any atom is 0.250 e. The molecule has 0 bridgehead atoms. The van der Waals surface area contributed by atoms with Crippen molar-refractivity contribution in [2.75, 3.05) is 11.6 Å². The predicted molar refractivity (Wildman–Crippen MR) is 109 cm³/mol.